The molecule has 124 valence electrons. The van der Waals surface area contributed by atoms with Crippen molar-refractivity contribution in [1.82, 2.24) is 9.97 Å². The number of aromatic nitrogens is 2. The molecule has 0 aliphatic carbocycles. The smallest absolute Gasteiger partial charge is 0.152 e. The minimum Gasteiger partial charge on any atom is -0.270 e. The second kappa shape index (κ2) is 7.47. The van der Waals surface area contributed by atoms with E-state index in [2.05, 4.69) is 62.0 Å². The number of halogens is 1. The van der Waals surface area contributed by atoms with Gasteiger partial charge < -0.3 is 0 Å². The molecule has 4 rings (SSSR count). The molecule has 3 aromatic rings. The van der Waals surface area contributed by atoms with Gasteiger partial charge in [-0.2, -0.15) is 0 Å². The number of rotatable bonds is 3. The van der Waals surface area contributed by atoms with Crippen LogP contribution >= 0.6 is 15.9 Å². The predicted molar refractivity (Wildman–Crippen MR) is 109 cm³/mol. The van der Waals surface area contributed by atoms with Crippen molar-refractivity contribution in [3.8, 4) is 34.4 Å². The van der Waals surface area contributed by atoms with E-state index in [9.17, 15) is 0 Å². The van der Waals surface area contributed by atoms with E-state index in [0.29, 0.717) is 0 Å². The molecule has 1 aromatic carbocycles. The van der Waals surface area contributed by atoms with Crippen LogP contribution in [-0.4, -0.2) is 16.2 Å². The van der Waals surface area contributed by atoms with E-state index in [1.807, 2.05) is 36.4 Å². The average molecular weight is 400 g/mol. The standard InChI is InChI=1S/C22H14BrN3/c23-18-8-6-7-16(13-18)17-14-21(19-9-2-1-4-11-24-19)26-22(15-17)20-10-3-5-12-25-20/h1,3-8,10-15,19H. The van der Waals surface area contributed by atoms with Crippen LogP contribution in [0.15, 0.2) is 82.4 Å². The normalized spacial score (nSPS) is 15.2. The molecule has 0 N–H and O–H groups in total. The molecule has 2 aromatic heterocycles. The third-order valence-electron chi connectivity index (χ3n) is 3.93. The Morgan fingerprint density at radius 3 is 2.73 bits per heavy atom. The number of nitrogens with zero attached hydrogens (tertiary/aromatic N) is 3. The lowest BCUT2D eigenvalue weighted by molar-refractivity contribution is 0.899. The van der Waals surface area contributed by atoms with Crippen LogP contribution in [0, 0.1) is 11.8 Å². The summed E-state index contributed by atoms with van der Waals surface area (Å²) in [4.78, 5) is 13.7. The summed E-state index contributed by atoms with van der Waals surface area (Å²) in [6, 6.07) is 17.8. The lowest BCUT2D eigenvalue weighted by Gasteiger charge is -2.11. The Labute approximate surface area is 160 Å². The van der Waals surface area contributed by atoms with E-state index in [1.165, 1.54) is 0 Å². The summed E-state index contributed by atoms with van der Waals surface area (Å²) in [6.45, 7) is 0. The van der Waals surface area contributed by atoms with Gasteiger partial charge in [-0.1, -0.05) is 46.0 Å². The molecule has 26 heavy (non-hydrogen) atoms. The Hall–Kier alpha value is -3.03. The van der Waals surface area contributed by atoms with Crippen LogP contribution in [0.5, 0.6) is 0 Å². The summed E-state index contributed by atoms with van der Waals surface area (Å²) in [5.74, 6) is 6.14. The second-order valence-corrected chi connectivity index (χ2v) is 6.66. The minimum absolute atomic E-state index is 0.292. The lowest BCUT2D eigenvalue weighted by Crippen LogP contribution is -2.00. The Morgan fingerprint density at radius 1 is 0.923 bits per heavy atom. The molecule has 0 saturated carbocycles. The quantitative estimate of drug-likeness (QED) is 0.563. The predicted octanol–water partition coefficient (Wildman–Crippen LogP) is 5.26. The number of aliphatic imine (C=N–C) groups is 1. The van der Waals surface area contributed by atoms with Crippen molar-refractivity contribution in [2.24, 2.45) is 4.99 Å². The van der Waals surface area contributed by atoms with E-state index >= 15 is 0 Å². The zero-order valence-corrected chi connectivity index (χ0v) is 15.4. The molecule has 1 aliphatic rings. The Bertz CT molecular complexity index is 1060. The van der Waals surface area contributed by atoms with E-state index in [-0.39, 0.29) is 6.04 Å². The zero-order valence-electron chi connectivity index (χ0n) is 13.8. The van der Waals surface area contributed by atoms with Crippen molar-refractivity contribution in [3.05, 3.63) is 83.1 Å². The van der Waals surface area contributed by atoms with Gasteiger partial charge in [0.05, 0.1) is 17.1 Å². The minimum atomic E-state index is -0.292. The highest BCUT2D eigenvalue weighted by Gasteiger charge is 2.14. The molecule has 0 amide bonds. The van der Waals surface area contributed by atoms with Gasteiger partial charge >= 0.3 is 0 Å². The van der Waals surface area contributed by atoms with Gasteiger partial charge in [-0.05, 0) is 59.7 Å². The molecule has 0 bridgehead atoms. The fourth-order valence-corrected chi connectivity index (χ4v) is 3.11. The molecule has 1 aliphatic heterocycles. The molecule has 3 heterocycles. The molecular weight excluding hydrogens is 386 g/mol. The fourth-order valence-electron chi connectivity index (χ4n) is 2.71. The summed E-state index contributed by atoms with van der Waals surface area (Å²) in [6.07, 6.45) is 7.16. The SMILES string of the molecule is Brc1cccc(-c2cc(-c3ccccn3)nc(C3C#CC=CC=N3)c2)c1. The number of benzene rings is 1. The summed E-state index contributed by atoms with van der Waals surface area (Å²) in [7, 11) is 0. The zero-order chi connectivity index (χ0) is 17.8. The topological polar surface area (TPSA) is 38.1 Å². The number of hydrogen-bond acceptors (Lipinski definition) is 3. The molecule has 1 unspecified atom stereocenters. The number of allylic oxidation sites excluding steroid dienone is 2. The molecule has 0 radical (unpaired) electrons. The van der Waals surface area contributed by atoms with Crippen molar-refractivity contribution in [2.45, 2.75) is 6.04 Å². The highest BCUT2D eigenvalue weighted by atomic mass is 79.9. The lowest BCUT2D eigenvalue weighted by atomic mass is 10.0. The maximum absolute atomic E-state index is 4.80. The molecule has 0 fully saturated rings. The van der Waals surface area contributed by atoms with Crippen LogP contribution in [0.25, 0.3) is 22.5 Å². The Kier molecular flexibility index (Phi) is 4.72. The summed E-state index contributed by atoms with van der Waals surface area (Å²) in [5, 5.41) is 0. The monoisotopic (exact) mass is 399 g/mol. The second-order valence-electron chi connectivity index (χ2n) is 5.74. The van der Waals surface area contributed by atoms with Crippen molar-refractivity contribution < 1.29 is 0 Å². The Balaban J connectivity index is 1.88. The van der Waals surface area contributed by atoms with Gasteiger partial charge in [0, 0.05) is 16.9 Å². The summed E-state index contributed by atoms with van der Waals surface area (Å²) >= 11 is 3.55. The number of hydrogen-bond donors (Lipinski definition) is 0. The highest BCUT2D eigenvalue weighted by molar-refractivity contribution is 9.10. The van der Waals surface area contributed by atoms with Crippen LogP contribution in [0.3, 0.4) is 0 Å². The molecular formula is C22H14BrN3. The van der Waals surface area contributed by atoms with Gasteiger partial charge in [0.1, 0.15) is 0 Å². The molecule has 3 nitrogen and oxygen atoms in total. The maximum Gasteiger partial charge on any atom is 0.152 e. The molecule has 0 saturated heterocycles. The maximum atomic E-state index is 4.80. The van der Waals surface area contributed by atoms with Crippen LogP contribution < -0.4 is 0 Å². The third-order valence-corrected chi connectivity index (χ3v) is 4.42. The number of pyridine rings is 2. The summed E-state index contributed by atoms with van der Waals surface area (Å²) < 4.78 is 1.03. The Morgan fingerprint density at radius 2 is 1.88 bits per heavy atom. The largest absolute Gasteiger partial charge is 0.270 e. The van der Waals surface area contributed by atoms with Crippen LogP contribution in [0.4, 0.5) is 0 Å². The first-order chi connectivity index (χ1) is 12.8. The van der Waals surface area contributed by atoms with Gasteiger partial charge in [0.15, 0.2) is 6.04 Å². The van der Waals surface area contributed by atoms with Crippen molar-refractivity contribution in [1.29, 1.82) is 0 Å². The van der Waals surface area contributed by atoms with E-state index < -0.39 is 0 Å². The highest BCUT2D eigenvalue weighted by Crippen LogP contribution is 2.29. The fraction of sp³-hybridized carbons (Fsp3) is 0.0455. The van der Waals surface area contributed by atoms with Crippen LogP contribution in [0.1, 0.15) is 11.7 Å². The van der Waals surface area contributed by atoms with E-state index in [4.69, 9.17) is 4.98 Å². The van der Waals surface area contributed by atoms with Crippen LogP contribution in [-0.2, 0) is 0 Å². The van der Waals surface area contributed by atoms with Gasteiger partial charge in [-0.3, -0.25) is 9.98 Å². The van der Waals surface area contributed by atoms with E-state index in [0.717, 1.165) is 32.7 Å². The van der Waals surface area contributed by atoms with Gasteiger partial charge in [0.2, 0.25) is 0 Å². The first kappa shape index (κ1) is 16.4. The van der Waals surface area contributed by atoms with Crippen LogP contribution in [0.2, 0.25) is 0 Å². The van der Waals surface area contributed by atoms with Gasteiger partial charge in [-0.25, -0.2) is 4.98 Å². The molecule has 4 heteroatoms. The first-order valence-electron chi connectivity index (χ1n) is 8.18. The summed E-state index contributed by atoms with van der Waals surface area (Å²) in [5.41, 5.74) is 4.62. The van der Waals surface area contributed by atoms with Gasteiger partial charge in [-0.15, -0.1) is 0 Å². The first-order valence-corrected chi connectivity index (χ1v) is 8.97. The van der Waals surface area contributed by atoms with Crippen molar-refractivity contribution in [3.63, 3.8) is 0 Å². The third kappa shape index (κ3) is 3.63. The average Bonchev–Trinajstić information content (AvgIpc) is 2.98. The van der Waals surface area contributed by atoms with Gasteiger partial charge in [0.25, 0.3) is 0 Å². The van der Waals surface area contributed by atoms with Crippen molar-refractivity contribution in [2.75, 3.05) is 0 Å². The van der Waals surface area contributed by atoms with Crippen molar-refractivity contribution >= 4 is 22.1 Å². The van der Waals surface area contributed by atoms with E-state index in [1.54, 1.807) is 18.5 Å². The molecule has 1 atom stereocenters. The molecule has 0 spiro atoms.